The van der Waals surface area contributed by atoms with Gasteiger partial charge in [-0.3, -0.25) is 19.4 Å². The number of rotatable bonds is 3. The van der Waals surface area contributed by atoms with Crippen LogP contribution in [0, 0.1) is 0 Å². The number of nitrogens with zero attached hydrogens (tertiary/aromatic N) is 2. The van der Waals surface area contributed by atoms with Crippen molar-refractivity contribution in [2.45, 2.75) is 6.54 Å². The van der Waals surface area contributed by atoms with Crippen molar-refractivity contribution in [1.82, 2.24) is 14.8 Å². The molecular formula is C6H9N3O2S. The Kier molecular flexibility index (Phi) is 3.09. The average Bonchev–Trinajstić information content (AvgIpc) is 2.07. The minimum Gasteiger partial charge on any atom is -0.273 e. The van der Waals surface area contributed by atoms with Gasteiger partial charge in [0.25, 0.3) is 0 Å². The Labute approximate surface area is 72.8 Å². The van der Waals surface area contributed by atoms with Crippen molar-refractivity contribution >= 4 is 11.8 Å². The van der Waals surface area contributed by atoms with Crippen LogP contribution in [0.25, 0.3) is 0 Å². The van der Waals surface area contributed by atoms with Gasteiger partial charge in [0.2, 0.25) is 0 Å². The average molecular weight is 187 g/mol. The number of hydrogen-bond donors (Lipinski definition) is 1. The fourth-order valence-electron chi connectivity index (χ4n) is 0.691. The van der Waals surface area contributed by atoms with Gasteiger partial charge in [0.1, 0.15) is 6.33 Å². The Hall–Kier alpha value is -1.04. The van der Waals surface area contributed by atoms with E-state index in [0.29, 0.717) is 6.54 Å². The highest BCUT2D eigenvalue weighted by molar-refractivity contribution is 7.98. The summed E-state index contributed by atoms with van der Waals surface area (Å²) in [7, 11) is 0. The van der Waals surface area contributed by atoms with Crippen LogP contribution in [-0.2, 0) is 6.54 Å². The van der Waals surface area contributed by atoms with Gasteiger partial charge in [-0.05, 0) is 6.26 Å². The number of nitrogens with one attached hydrogen (secondary N) is 1. The van der Waals surface area contributed by atoms with E-state index in [4.69, 9.17) is 0 Å². The quantitative estimate of drug-likeness (QED) is 0.635. The van der Waals surface area contributed by atoms with Gasteiger partial charge >= 0.3 is 11.1 Å². The summed E-state index contributed by atoms with van der Waals surface area (Å²) in [5.74, 6) is 0.875. The van der Waals surface area contributed by atoms with Gasteiger partial charge in [-0.1, -0.05) is 0 Å². The van der Waals surface area contributed by atoms with E-state index in [1.165, 1.54) is 11.0 Å². The largest absolute Gasteiger partial charge is 0.338 e. The van der Waals surface area contributed by atoms with E-state index in [1.807, 2.05) is 6.26 Å². The number of aromatic nitrogens is 3. The summed E-state index contributed by atoms with van der Waals surface area (Å²) in [5.41, 5.74) is -1.41. The van der Waals surface area contributed by atoms with Crippen LogP contribution in [0.1, 0.15) is 0 Å². The summed E-state index contributed by atoms with van der Waals surface area (Å²) in [6.07, 6.45) is 3.30. The van der Waals surface area contributed by atoms with E-state index in [9.17, 15) is 9.59 Å². The molecule has 1 heterocycles. The Morgan fingerprint density at radius 3 is 3.00 bits per heavy atom. The molecule has 0 unspecified atom stereocenters. The molecule has 1 N–H and O–H groups in total. The van der Waals surface area contributed by atoms with E-state index in [2.05, 4.69) is 10.1 Å². The number of aromatic amines is 1. The highest BCUT2D eigenvalue weighted by atomic mass is 32.2. The standard InChI is InChI=1S/C6H9N3O2S/c1-12-3-2-9-4-7-5(10)6(11)8-9/h4H,2-3H2,1H3,(H,8,11). The first kappa shape index (κ1) is 9.05. The van der Waals surface area contributed by atoms with Gasteiger partial charge in [0, 0.05) is 12.3 Å². The predicted molar refractivity (Wildman–Crippen MR) is 47.5 cm³/mol. The van der Waals surface area contributed by atoms with E-state index in [1.54, 1.807) is 11.8 Å². The van der Waals surface area contributed by atoms with Gasteiger partial charge in [0.05, 0.1) is 0 Å². The first-order valence-electron chi connectivity index (χ1n) is 3.39. The van der Waals surface area contributed by atoms with Crippen LogP contribution in [0.5, 0.6) is 0 Å². The second-order valence-corrected chi connectivity index (χ2v) is 3.16. The summed E-state index contributed by atoms with van der Waals surface area (Å²) in [6.45, 7) is 0.656. The van der Waals surface area contributed by atoms with E-state index < -0.39 is 11.1 Å². The number of H-pyrrole nitrogens is 1. The van der Waals surface area contributed by atoms with Crippen LogP contribution in [0.3, 0.4) is 0 Å². The summed E-state index contributed by atoms with van der Waals surface area (Å²) in [4.78, 5) is 24.7. The Balaban J connectivity index is 2.83. The number of hydrogen-bond acceptors (Lipinski definition) is 4. The van der Waals surface area contributed by atoms with Gasteiger partial charge in [-0.2, -0.15) is 16.7 Å². The van der Waals surface area contributed by atoms with Gasteiger partial charge in [-0.25, -0.2) is 0 Å². The molecular weight excluding hydrogens is 178 g/mol. The summed E-state index contributed by atoms with van der Waals surface area (Å²) < 4.78 is 1.50. The van der Waals surface area contributed by atoms with Crippen molar-refractivity contribution in [2.75, 3.05) is 12.0 Å². The third-order valence-electron chi connectivity index (χ3n) is 1.29. The first-order valence-corrected chi connectivity index (χ1v) is 4.78. The smallest absolute Gasteiger partial charge is 0.273 e. The molecule has 0 spiro atoms. The monoisotopic (exact) mass is 187 g/mol. The Morgan fingerprint density at radius 1 is 1.67 bits per heavy atom. The fourth-order valence-corrected chi connectivity index (χ4v) is 1.07. The molecule has 0 aliphatic heterocycles. The maximum Gasteiger partial charge on any atom is 0.338 e. The Morgan fingerprint density at radius 2 is 2.42 bits per heavy atom. The second-order valence-electron chi connectivity index (χ2n) is 2.18. The maximum atomic E-state index is 10.7. The lowest BCUT2D eigenvalue weighted by Crippen LogP contribution is -2.33. The molecule has 0 amide bonds. The van der Waals surface area contributed by atoms with Crippen LogP contribution in [-0.4, -0.2) is 26.8 Å². The van der Waals surface area contributed by atoms with Crippen molar-refractivity contribution < 1.29 is 0 Å². The molecule has 12 heavy (non-hydrogen) atoms. The summed E-state index contributed by atoms with van der Waals surface area (Å²) in [6, 6.07) is 0. The molecule has 1 aromatic heterocycles. The van der Waals surface area contributed by atoms with Gasteiger partial charge < -0.3 is 0 Å². The molecule has 0 aromatic carbocycles. The highest BCUT2D eigenvalue weighted by Crippen LogP contribution is 1.90. The maximum absolute atomic E-state index is 10.7. The molecule has 0 radical (unpaired) electrons. The SMILES string of the molecule is CSCCn1cnc(=O)c(=O)[nH]1. The third kappa shape index (κ3) is 2.23. The zero-order chi connectivity index (χ0) is 8.97. The molecule has 0 atom stereocenters. The van der Waals surface area contributed by atoms with Crippen LogP contribution in [0.15, 0.2) is 15.9 Å². The first-order chi connectivity index (χ1) is 5.74. The van der Waals surface area contributed by atoms with Gasteiger partial charge in [0.15, 0.2) is 0 Å². The minimum atomic E-state index is -0.740. The summed E-state index contributed by atoms with van der Waals surface area (Å²) in [5, 5.41) is 2.38. The van der Waals surface area contributed by atoms with Crippen LogP contribution in [0.4, 0.5) is 0 Å². The molecule has 1 rings (SSSR count). The van der Waals surface area contributed by atoms with Crippen LogP contribution in [0.2, 0.25) is 0 Å². The normalized spacial score (nSPS) is 10.1. The molecule has 0 saturated heterocycles. The molecule has 1 aromatic rings. The molecule has 0 bridgehead atoms. The van der Waals surface area contributed by atoms with Crippen molar-refractivity contribution in [3.05, 3.63) is 27.0 Å². The zero-order valence-electron chi connectivity index (χ0n) is 6.61. The van der Waals surface area contributed by atoms with Crippen molar-refractivity contribution in [3.8, 4) is 0 Å². The molecule has 0 aliphatic carbocycles. The fraction of sp³-hybridized carbons (Fsp3) is 0.500. The van der Waals surface area contributed by atoms with Gasteiger partial charge in [-0.15, -0.1) is 0 Å². The Bertz CT molecular complexity index is 356. The molecule has 0 saturated carbocycles. The van der Waals surface area contributed by atoms with Crippen molar-refractivity contribution in [1.29, 1.82) is 0 Å². The molecule has 0 fully saturated rings. The molecule has 5 nitrogen and oxygen atoms in total. The molecule has 6 heteroatoms. The molecule has 0 aliphatic rings. The predicted octanol–water partition coefficient (Wildman–Crippen LogP) is -0.705. The van der Waals surface area contributed by atoms with E-state index in [-0.39, 0.29) is 0 Å². The second kappa shape index (κ2) is 4.10. The van der Waals surface area contributed by atoms with Crippen LogP contribution < -0.4 is 11.1 Å². The lowest BCUT2D eigenvalue weighted by atomic mass is 10.7. The topological polar surface area (TPSA) is 67.8 Å². The van der Waals surface area contributed by atoms with E-state index >= 15 is 0 Å². The minimum absolute atomic E-state index is 0.656. The zero-order valence-corrected chi connectivity index (χ0v) is 7.43. The molecule has 66 valence electrons. The lowest BCUT2D eigenvalue weighted by molar-refractivity contribution is 0.609. The van der Waals surface area contributed by atoms with E-state index in [0.717, 1.165) is 5.75 Å². The lowest BCUT2D eigenvalue weighted by Gasteiger charge is -2.01. The summed E-state index contributed by atoms with van der Waals surface area (Å²) >= 11 is 1.66. The van der Waals surface area contributed by atoms with Crippen molar-refractivity contribution in [2.24, 2.45) is 0 Å². The highest BCUT2D eigenvalue weighted by Gasteiger charge is 1.94. The van der Waals surface area contributed by atoms with Crippen molar-refractivity contribution in [3.63, 3.8) is 0 Å². The number of aryl methyl sites for hydroxylation is 1. The number of thioether (sulfide) groups is 1. The van der Waals surface area contributed by atoms with Crippen LogP contribution >= 0.6 is 11.8 Å². The third-order valence-corrected chi connectivity index (χ3v) is 1.88.